The van der Waals surface area contributed by atoms with E-state index < -0.39 is 60.6 Å². The number of hydrogen-bond acceptors (Lipinski definition) is 11. The summed E-state index contributed by atoms with van der Waals surface area (Å²) in [5.74, 6) is -1.90. The standard InChI is InChI=1S/C32H45N5O10/c1-31(2,3)46-26(38)24(34-29(40)42-18-22-14-10-8-11-15-22)20-44-36-28(33)37(7)45-21-25(27(39)47-32(4,5)6)35-30(41)43-19-23-16-12-9-13-17-23/h8-17,24-25H,18-21H2,1-7H3,(H2,33,36)(H,34,40)(H,35,41). The van der Waals surface area contributed by atoms with E-state index in [1.54, 1.807) is 90.1 Å². The van der Waals surface area contributed by atoms with Crippen molar-refractivity contribution in [3.63, 3.8) is 0 Å². The number of oxime groups is 1. The number of rotatable bonds is 14. The Balaban J connectivity index is 1.98. The highest BCUT2D eigenvalue weighted by molar-refractivity contribution is 5.82. The van der Waals surface area contributed by atoms with Crippen molar-refractivity contribution in [2.45, 2.75) is 78.0 Å². The van der Waals surface area contributed by atoms with Gasteiger partial charge in [0.2, 0.25) is 0 Å². The number of carbonyl (C=O) groups is 4. The number of guanidine groups is 1. The van der Waals surface area contributed by atoms with Gasteiger partial charge in [0.25, 0.3) is 5.96 Å². The van der Waals surface area contributed by atoms with E-state index >= 15 is 0 Å². The van der Waals surface area contributed by atoms with Crippen LogP contribution in [0.3, 0.4) is 0 Å². The van der Waals surface area contributed by atoms with Crippen LogP contribution in [-0.2, 0) is 51.4 Å². The maximum Gasteiger partial charge on any atom is 0.408 e. The van der Waals surface area contributed by atoms with Crippen LogP contribution in [0.25, 0.3) is 0 Å². The third kappa shape index (κ3) is 16.2. The van der Waals surface area contributed by atoms with Crippen molar-refractivity contribution in [3.8, 4) is 0 Å². The molecule has 0 bridgehead atoms. The molecule has 0 aromatic heterocycles. The first-order valence-electron chi connectivity index (χ1n) is 14.7. The smallest absolute Gasteiger partial charge is 0.408 e. The molecule has 2 atom stereocenters. The van der Waals surface area contributed by atoms with E-state index in [1.165, 1.54) is 7.05 Å². The van der Waals surface area contributed by atoms with Crippen molar-refractivity contribution in [1.29, 1.82) is 0 Å². The van der Waals surface area contributed by atoms with Crippen LogP contribution >= 0.6 is 0 Å². The molecule has 2 aromatic rings. The number of nitrogens with one attached hydrogen (secondary N) is 2. The number of hydrogen-bond donors (Lipinski definition) is 3. The van der Waals surface area contributed by atoms with Gasteiger partial charge in [0.15, 0.2) is 12.1 Å². The molecular formula is C32H45N5O10. The second kappa shape index (κ2) is 18.2. The van der Waals surface area contributed by atoms with Crippen LogP contribution in [-0.4, -0.2) is 78.7 Å². The van der Waals surface area contributed by atoms with Gasteiger partial charge in [-0.15, -0.1) is 0 Å². The topological polar surface area (TPSA) is 189 Å². The first kappa shape index (κ1) is 38.1. The van der Waals surface area contributed by atoms with Crippen LogP contribution in [0.1, 0.15) is 52.7 Å². The largest absolute Gasteiger partial charge is 0.458 e. The first-order chi connectivity index (χ1) is 22.0. The number of carbonyl (C=O) groups excluding carboxylic acids is 4. The molecule has 0 heterocycles. The molecule has 0 saturated heterocycles. The van der Waals surface area contributed by atoms with Crippen molar-refractivity contribution in [3.05, 3.63) is 71.8 Å². The molecule has 2 amide bonds. The molecule has 2 unspecified atom stereocenters. The molecule has 15 heteroatoms. The quantitative estimate of drug-likeness (QED) is 0.0883. The van der Waals surface area contributed by atoms with Gasteiger partial charge in [0.05, 0.1) is 0 Å². The molecule has 258 valence electrons. The SMILES string of the molecule is CN(OCC(NC(=O)OCc1ccccc1)C(=O)OC(C)(C)C)C(N)=NOCC(NC(=O)OCc1ccccc1)C(=O)OC(C)(C)C. The summed E-state index contributed by atoms with van der Waals surface area (Å²) in [5, 5.41) is 9.52. The molecule has 0 radical (unpaired) electrons. The van der Waals surface area contributed by atoms with Crippen LogP contribution < -0.4 is 16.4 Å². The number of esters is 2. The van der Waals surface area contributed by atoms with Gasteiger partial charge in [-0.1, -0.05) is 60.7 Å². The molecule has 0 aliphatic rings. The zero-order valence-electron chi connectivity index (χ0n) is 27.8. The zero-order valence-corrected chi connectivity index (χ0v) is 27.8. The van der Waals surface area contributed by atoms with Crippen LogP contribution in [0.15, 0.2) is 65.8 Å². The fourth-order valence-electron chi connectivity index (χ4n) is 3.39. The van der Waals surface area contributed by atoms with Gasteiger partial charge in [-0.3, -0.25) is 4.84 Å². The number of benzene rings is 2. The fraction of sp³-hybridized carbons (Fsp3) is 0.469. The number of ether oxygens (including phenoxy) is 4. The second-order valence-electron chi connectivity index (χ2n) is 12.1. The Kier molecular flexibility index (Phi) is 14.8. The van der Waals surface area contributed by atoms with Crippen LogP contribution in [0.2, 0.25) is 0 Å². The molecule has 0 spiro atoms. The molecule has 0 fully saturated rings. The van der Waals surface area contributed by atoms with Gasteiger partial charge in [-0.2, -0.15) is 0 Å². The predicted molar refractivity (Wildman–Crippen MR) is 170 cm³/mol. The maximum atomic E-state index is 12.8. The number of nitrogens with two attached hydrogens (primary N) is 1. The van der Waals surface area contributed by atoms with Crippen molar-refractivity contribution in [2.24, 2.45) is 10.9 Å². The van der Waals surface area contributed by atoms with Crippen LogP contribution in [0, 0.1) is 0 Å². The lowest BCUT2D eigenvalue weighted by Crippen LogP contribution is -2.49. The molecule has 15 nitrogen and oxygen atoms in total. The van der Waals surface area contributed by atoms with Crippen molar-refractivity contribution >= 4 is 30.1 Å². The average molecular weight is 660 g/mol. The fourth-order valence-corrected chi connectivity index (χ4v) is 3.39. The molecule has 2 aromatic carbocycles. The summed E-state index contributed by atoms with van der Waals surface area (Å²) >= 11 is 0. The van der Waals surface area contributed by atoms with Crippen molar-refractivity contribution < 1.29 is 47.8 Å². The van der Waals surface area contributed by atoms with E-state index in [0.717, 1.165) is 16.2 Å². The highest BCUT2D eigenvalue weighted by Crippen LogP contribution is 2.11. The summed E-state index contributed by atoms with van der Waals surface area (Å²) < 4.78 is 21.2. The summed E-state index contributed by atoms with van der Waals surface area (Å²) in [6.07, 6.45) is -1.75. The predicted octanol–water partition coefficient (Wildman–Crippen LogP) is 3.37. The average Bonchev–Trinajstić information content (AvgIpc) is 2.99. The minimum atomic E-state index is -1.30. The lowest BCUT2D eigenvalue weighted by atomic mass is 10.2. The Morgan fingerprint density at radius 3 is 1.53 bits per heavy atom. The Bertz CT molecular complexity index is 1330. The van der Waals surface area contributed by atoms with Crippen LogP contribution in [0.5, 0.6) is 0 Å². The second-order valence-corrected chi connectivity index (χ2v) is 12.1. The van der Waals surface area contributed by atoms with E-state index in [-0.39, 0.29) is 19.2 Å². The number of amides is 2. The van der Waals surface area contributed by atoms with Crippen LogP contribution in [0.4, 0.5) is 9.59 Å². The van der Waals surface area contributed by atoms with Gasteiger partial charge >= 0.3 is 24.1 Å². The number of nitrogens with zero attached hydrogens (tertiary/aromatic N) is 2. The summed E-state index contributed by atoms with van der Waals surface area (Å²) in [6, 6.07) is 15.4. The summed E-state index contributed by atoms with van der Waals surface area (Å²) in [7, 11) is 1.37. The Morgan fingerprint density at radius 1 is 0.723 bits per heavy atom. The molecule has 47 heavy (non-hydrogen) atoms. The maximum absolute atomic E-state index is 12.8. The van der Waals surface area contributed by atoms with Crippen molar-refractivity contribution in [2.75, 3.05) is 20.3 Å². The van der Waals surface area contributed by atoms with Gasteiger partial charge in [0, 0.05) is 7.05 Å². The summed E-state index contributed by atoms with van der Waals surface area (Å²) in [4.78, 5) is 61.2. The minimum Gasteiger partial charge on any atom is -0.458 e. The Morgan fingerprint density at radius 2 is 1.13 bits per heavy atom. The van der Waals surface area contributed by atoms with E-state index in [2.05, 4.69) is 15.8 Å². The molecule has 2 rings (SSSR count). The molecular weight excluding hydrogens is 614 g/mol. The van der Waals surface area contributed by atoms with Crippen molar-refractivity contribution in [1.82, 2.24) is 15.7 Å². The Labute approximate surface area is 274 Å². The lowest BCUT2D eigenvalue weighted by molar-refractivity contribution is -0.164. The lowest BCUT2D eigenvalue weighted by Gasteiger charge is -2.26. The first-order valence-corrected chi connectivity index (χ1v) is 14.7. The Hall–Kier alpha value is -5.05. The summed E-state index contributed by atoms with van der Waals surface area (Å²) in [5.41, 5.74) is 5.74. The van der Waals surface area contributed by atoms with Gasteiger partial charge in [0.1, 0.15) is 37.6 Å². The number of hydroxylamine groups is 2. The summed E-state index contributed by atoms with van der Waals surface area (Å²) in [6.45, 7) is 9.09. The van der Waals surface area contributed by atoms with E-state index in [4.69, 9.17) is 34.4 Å². The van der Waals surface area contributed by atoms with E-state index in [1.807, 2.05) is 12.1 Å². The monoisotopic (exact) mass is 659 g/mol. The molecule has 0 aliphatic carbocycles. The van der Waals surface area contributed by atoms with Gasteiger partial charge in [-0.25, -0.2) is 24.2 Å². The van der Waals surface area contributed by atoms with E-state index in [9.17, 15) is 19.2 Å². The normalized spacial score (nSPS) is 13.0. The minimum absolute atomic E-state index is 0.0185. The number of alkyl carbamates (subject to hydrolysis) is 2. The highest BCUT2D eigenvalue weighted by Gasteiger charge is 2.30. The van der Waals surface area contributed by atoms with Gasteiger partial charge < -0.3 is 40.2 Å². The molecule has 0 saturated carbocycles. The highest BCUT2D eigenvalue weighted by atomic mass is 16.7. The third-order valence-corrected chi connectivity index (χ3v) is 5.55. The van der Waals surface area contributed by atoms with Gasteiger partial charge in [-0.05, 0) is 57.8 Å². The third-order valence-electron chi connectivity index (χ3n) is 5.55. The van der Waals surface area contributed by atoms with E-state index in [0.29, 0.717) is 0 Å². The molecule has 4 N–H and O–H groups in total. The zero-order chi connectivity index (χ0) is 35.0. The molecule has 0 aliphatic heterocycles.